The highest BCUT2D eigenvalue weighted by Crippen LogP contribution is 2.18. The number of unbranched alkanes of at least 4 members (excludes halogenated alkanes) is 43. The molecule has 5 heteroatoms. The van der Waals surface area contributed by atoms with Gasteiger partial charge in [0, 0.05) is 12.8 Å². The lowest BCUT2D eigenvalue weighted by atomic mass is 10.0. The highest BCUT2D eigenvalue weighted by atomic mass is 16.6. The highest BCUT2D eigenvalue weighted by Gasteiger charge is 2.16. The van der Waals surface area contributed by atoms with Crippen LogP contribution in [0.15, 0.2) is 85.1 Å². The third-order valence-corrected chi connectivity index (χ3v) is 15.7. The van der Waals surface area contributed by atoms with E-state index in [9.17, 15) is 14.7 Å². The number of carbonyl (C=O) groups is 2. The number of aliphatic hydroxyl groups excluding tert-OH is 1. The first-order chi connectivity index (χ1) is 39.6. The van der Waals surface area contributed by atoms with E-state index in [1.807, 2.05) is 0 Å². The van der Waals surface area contributed by atoms with Crippen LogP contribution in [0.1, 0.15) is 361 Å². The smallest absolute Gasteiger partial charge is 0.306 e. The molecule has 0 heterocycles. The zero-order chi connectivity index (χ0) is 57.6. The molecule has 1 atom stereocenters. The number of allylic oxidation sites excluding steroid dienone is 14. The number of rotatable bonds is 65. The Hall–Kier alpha value is -2.92. The molecular formula is C75H134O5. The Labute approximate surface area is 498 Å². The molecule has 0 aromatic rings. The van der Waals surface area contributed by atoms with Crippen LogP contribution in [0, 0.1) is 0 Å². The predicted octanol–water partition coefficient (Wildman–Crippen LogP) is 24.4. The molecule has 0 aliphatic carbocycles. The number of hydrogen-bond acceptors (Lipinski definition) is 5. The molecule has 80 heavy (non-hydrogen) atoms. The van der Waals surface area contributed by atoms with Gasteiger partial charge in [-0.15, -0.1) is 0 Å². The molecule has 0 saturated carbocycles. The average Bonchev–Trinajstić information content (AvgIpc) is 3.46. The molecule has 0 amide bonds. The van der Waals surface area contributed by atoms with Crippen molar-refractivity contribution in [2.24, 2.45) is 0 Å². The fourth-order valence-corrected chi connectivity index (χ4v) is 10.4. The molecule has 0 fully saturated rings. The minimum atomic E-state index is -0.785. The van der Waals surface area contributed by atoms with Crippen molar-refractivity contribution < 1.29 is 24.2 Å². The lowest BCUT2D eigenvalue weighted by Crippen LogP contribution is -2.28. The van der Waals surface area contributed by atoms with E-state index in [-0.39, 0.29) is 25.2 Å². The van der Waals surface area contributed by atoms with Crippen LogP contribution in [-0.2, 0) is 19.1 Å². The lowest BCUT2D eigenvalue weighted by Gasteiger charge is -2.15. The number of esters is 2. The molecule has 5 nitrogen and oxygen atoms in total. The van der Waals surface area contributed by atoms with Crippen LogP contribution >= 0.6 is 0 Å². The largest absolute Gasteiger partial charge is 0.462 e. The molecule has 0 aliphatic rings. The molecule has 0 radical (unpaired) electrons. The summed E-state index contributed by atoms with van der Waals surface area (Å²) >= 11 is 0. The number of carbonyl (C=O) groups excluding carboxylic acids is 2. The number of ether oxygens (including phenoxy) is 2. The van der Waals surface area contributed by atoms with E-state index >= 15 is 0 Å². The van der Waals surface area contributed by atoms with Gasteiger partial charge in [-0.05, 0) is 89.9 Å². The van der Waals surface area contributed by atoms with E-state index in [1.165, 1.54) is 250 Å². The number of aliphatic hydroxyl groups is 1. The van der Waals surface area contributed by atoms with Crippen molar-refractivity contribution in [3.63, 3.8) is 0 Å². The standard InChI is InChI=1S/C75H134O5/c1-3-5-7-9-11-13-15-17-19-21-23-25-27-29-30-31-32-33-34-35-36-37-38-39-40-41-42-43-44-46-47-49-51-53-55-57-59-61-63-65-67-69-74(77)79-72-73(71-76)80-75(78)70-68-66-64-62-60-58-56-54-52-50-48-45-28-26-24-22-20-18-16-14-12-10-8-6-4-2/h6,8,12,14,18,20-21,23-24,26,45,48,52,54,73,76H,3-5,7,9-11,13,15-17,19,22,25,27-44,46-47,49-51,53,55-72H2,1-2H3/b8-6-,14-12-,20-18-,23-21-,26-24-,48-45-,54-52-. The van der Waals surface area contributed by atoms with Crippen molar-refractivity contribution in [3.05, 3.63) is 85.1 Å². The second kappa shape index (κ2) is 70.3. The maximum absolute atomic E-state index is 12.3. The van der Waals surface area contributed by atoms with Gasteiger partial charge >= 0.3 is 11.9 Å². The van der Waals surface area contributed by atoms with E-state index in [2.05, 4.69) is 98.9 Å². The fraction of sp³-hybridized carbons (Fsp3) is 0.787. The zero-order valence-corrected chi connectivity index (χ0v) is 53.3. The van der Waals surface area contributed by atoms with Crippen molar-refractivity contribution in [2.45, 2.75) is 367 Å². The third kappa shape index (κ3) is 67.6. The van der Waals surface area contributed by atoms with E-state index in [0.29, 0.717) is 12.8 Å². The minimum Gasteiger partial charge on any atom is -0.462 e. The molecule has 0 saturated heterocycles. The van der Waals surface area contributed by atoms with Crippen LogP contribution in [-0.4, -0.2) is 36.4 Å². The normalized spacial score (nSPS) is 12.7. The van der Waals surface area contributed by atoms with E-state index < -0.39 is 6.10 Å². The van der Waals surface area contributed by atoms with Gasteiger partial charge in [-0.1, -0.05) is 343 Å². The first-order valence-corrected chi connectivity index (χ1v) is 35.1. The molecule has 1 N–H and O–H groups in total. The quantitative estimate of drug-likeness (QED) is 0.0373. The predicted molar refractivity (Wildman–Crippen MR) is 353 cm³/mol. The molecule has 0 aliphatic heterocycles. The van der Waals surface area contributed by atoms with E-state index in [0.717, 1.165) is 83.5 Å². The Balaban J connectivity index is 3.41. The summed E-state index contributed by atoms with van der Waals surface area (Å²) in [5.41, 5.74) is 0. The van der Waals surface area contributed by atoms with Gasteiger partial charge in [-0.25, -0.2) is 0 Å². The second-order valence-electron chi connectivity index (χ2n) is 23.6. The van der Waals surface area contributed by atoms with Crippen LogP contribution in [0.25, 0.3) is 0 Å². The molecule has 0 aromatic heterocycles. The molecule has 0 rings (SSSR count). The molecule has 0 aromatic carbocycles. The van der Waals surface area contributed by atoms with Crippen molar-refractivity contribution in [2.75, 3.05) is 13.2 Å². The molecule has 0 spiro atoms. The second-order valence-corrected chi connectivity index (χ2v) is 23.6. The van der Waals surface area contributed by atoms with Crippen molar-refractivity contribution in [1.29, 1.82) is 0 Å². The summed E-state index contributed by atoms with van der Waals surface area (Å²) in [6.45, 7) is 4.05. The summed E-state index contributed by atoms with van der Waals surface area (Å²) in [7, 11) is 0. The first-order valence-electron chi connectivity index (χ1n) is 35.1. The molecule has 1 unspecified atom stereocenters. The third-order valence-electron chi connectivity index (χ3n) is 15.7. The number of hydrogen-bond donors (Lipinski definition) is 1. The van der Waals surface area contributed by atoms with Gasteiger partial charge in [0.15, 0.2) is 6.10 Å². The average molecular weight is 1120 g/mol. The summed E-state index contributed by atoms with van der Waals surface area (Å²) in [6.07, 6.45) is 99.2. The minimum absolute atomic E-state index is 0.0726. The van der Waals surface area contributed by atoms with Gasteiger partial charge in [0.1, 0.15) is 6.61 Å². The summed E-state index contributed by atoms with van der Waals surface area (Å²) in [6, 6.07) is 0. The van der Waals surface area contributed by atoms with Crippen LogP contribution < -0.4 is 0 Å². The monoisotopic (exact) mass is 1120 g/mol. The fourth-order valence-electron chi connectivity index (χ4n) is 10.4. The van der Waals surface area contributed by atoms with Gasteiger partial charge in [-0.3, -0.25) is 9.59 Å². The molecule has 0 bridgehead atoms. The summed E-state index contributed by atoms with van der Waals surface area (Å²) in [4.78, 5) is 24.6. The summed E-state index contributed by atoms with van der Waals surface area (Å²) < 4.78 is 10.7. The summed E-state index contributed by atoms with van der Waals surface area (Å²) in [5, 5.41) is 9.69. The summed E-state index contributed by atoms with van der Waals surface area (Å²) in [5.74, 6) is -0.597. The topological polar surface area (TPSA) is 72.8 Å². The van der Waals surface area contributed by atoms with Crippen LogP contribution in [0.4, 0.5) is 0 Å². The van der Waals surface area contributed by atoms with Gasteiger partial charge in [0.2, 0.25) is 0 Å². The maximum Gasteiger partial charge on any atom is 0.306 e. The Morgan fingerprint density at radius 1 is 0.300 bits per heavy atom. The zero-order valence-electron chi connectivity index (χ0n) is 53.3. The Morgan fingerprint density at radius 3 is 0.825 bits per heavy atom. The van der Waals surface area contributed by atoms with Crippen molar-refractivity contribution >= 4 is 11.9 Å². The molecular weight excluding hydrogens is 981 g/mol. The first kappa shape index (κ1) is 77.1. The van der Waals surface area contributed by atoms with Crippen LogP contribution in [0.3, 0.4) is 0 Å². The van der Waals surface area contributed by atoms with Crippen LogP contribution in [0.2, 0.25) is 0 Å². The van der Waals surface area contributed by atoms with Gasteiger partial charge in [-0.2, -0.15) is 0 Å². The van der Waals surface area contributed by atoms with Crippen molar-refractivity contribution in [1.82, 2.24) is 0 Å². The maximum atomic E-state index is 12.3. The lowest BCUT2D eigenvalue weighted by molar-refractivity contribution is -0.161. The van der Waals surface area contributed by atoms with Gasteiger partial charge in [0.05, 0.1) is 6.61 Å². The highest BCUT2D eigenvalue weighted by molar-refractivity contribution is 5.70. The van der Waals surface area contributed by atoms with Gasteiger partial charge in [0.25, 0.3) is 0 Å². The van der Waals surface area contributed by atoms with E-state index in [1.54, 1.807) is 0 Å². The van der Waals surface area contributed by atoms with Crippen molar-refractivity contribution in [3.8, 4) is 0 Å². The Bertz CT molecular complexity index is 1450. The van der Waals surface area contributed by atoms with E-state index in [4.69, 9.17) is 9.47 Å². The molecule has 464 valence electrons. The SMILES string of the molecule is CC/C=C\C/C=C\C/C=C\C/C=C\C/C=C\C/C=C\CCCCCCCCC(=O)OC(CO)COC(=O)CCCCCCCCCCCCCCCCCCCCCCCCCCCCCCC/C=C\CCCCCCCCCC. The van der Waals surface area contributed by atoms with Gasteiger partial charge < -0.3 is 14.6 Å². The Kier molecular flexibility index (Phi) is 67.8. The Morgan fingerprint density at radius 2 is 0.537 bits per heavy atom. The van der Waals surface area contributed by atoms with Crippen LogP contribution in [0.5, 0.6) is 0 Å².